The van der Waals surface area contributed by atoms with Crippen molar-refractivity contribution < 1.29 is 0 Å². The van der Waals surface area contributed by atoms with Gasteiger partial charge in [-0.2, -0.15) is 5.26 Å². The van der Waals surface area contributed by atoms with Gasteiger partial charge < -0.3 is 0 Å². The highest BCUT2D eigenvalue weighted by Gasteiger charge is 2.08. The topological polar surface area (TPSA) is 71.0 Å². The van der Waals surface area contributed by atoms with Gasteiger partial charge in [-0.05, 0) is 42.0 Å². The van der Waals surface area contributed by atoms with Gasteiger partial charge in [-0.3, -0.25) is 9.36 Å². The molecule has 0 N–H and O–H groups in total. The summed E-state index contributed by atoms with van der Waals surface area (Å²) in [6, 6.07) is 22.4. The maximum absolute atomic E-state index is 13.1. The zero-order valence-corrected chi connectivity index (χ0v) is 15.1. The van der Waals surface area contributed by atoms with Gasteiger partial charge in [0.25, 0.3) is 5.56 Å². The molecule has 0 amide bonds. The van der Waals surface area contributed by atoms with E-state index in [-0.39, 0.29) is 5.56 Å². The van der Waals surface area contributed by atoms with Crippen LogP contribution < -0.4 is 10.4 Å². The van der Waals surface area contributed by atoms with Crippen molar-refractivity contribution in [2.24, 2.45) is 4.99 Å². The van der Waals surface area contributed by atoms with Crippen LogP contribution in [0.3, 0.4) is 0 Å². The summed E-state index contributed by atoms with van der Waals surface area (Å²) in [4.78, 5) is 23.3. The molecule has 0 aliphatic carbocycles. The van der Waals surface area contributed by atoms with E-state index in [0.29, 0.717) is 32.8 Å². The molecular weight excluding hydrogens is 356 g/mol. The highest BCUT2D eigenvalue weighted by atomic mass is 32.1. The third-order valence-corrected chi connectivity index (χ3v) is 5.08. The highest BCUT2D eigenvalue weighted by molar-refractivity contribution is 7.15. The summed E-state index contributed by atoms with van der Waals surface area (Å²) < 4.78 is 1.67. The van der Waals surface area contributed by atoms with Gasteiger partial charge in [-0.1, -0.05) is 41.7 Å². The molecule has 27 heavy (non-hydrogen) atoms. The van der Waals surface area contributed by atoms with Gasteiger partial charge in [0.1, 0.15) is 4.83 Å². The smallest absolute Gasteiger partial charge is 0.263 e. The Labute approximate surface area is 159 Å². The molecule has 0 aliphatic rings. The van der Waals surface area contributed by atoms with Crippen LogP contribution in [0.4, 0.5) is 5.69 Å². The number of benzene rings is 2. The fourth-order valence-electron chi connectivity index (χ4n) is 2.72. The van der Waals surface area contributed by atoms with Crippen LogP contribution in [0.25, 0.3) is 10.2 Å². The van der Waals surface area contributed by atoms with Gasteiger partial charge in [0.15, 0.2) is 4.80 Å². The lowest BCUT2D eigenvalue weighted by molar-refractivity contribution is 0.739. The zero-order valence-electron chi connectivity index (χ0n) is 14.2. The van der Waals surface area contributed by atoms with Crippen molar-refractivity contribution >= 4 is 27.2 Å². The molecule has 5 nitrogen and oxygen atoms in total. The maximum atomic E-state index is 13.1. The fraction of sp³-hybridized carbons (Fsp3) is 0.0476. The molecule has 0 bridgehead atoms. The van der Waals surface area contributed by atoms with Crippen molar-refractivity contribution in [2.45, 2.75) is 6.54 Å². The molecule has 0 saturated heterocycles. The van der Waals surface area contributed by atoms with Crippen LogP contribution in [-0.4, -0.2) is 9.55 Å². The number of nitrogens with zero attached hydrogens (tertiary/aromatic N) is 4. The molecule has 4 aromatic rings. The summed E-state index contributed by atoms with van der Waals surface area (Å²) in [5.74, 6) is 0. The molecule has 2 aromatic carbocycles. The largest absolute Gasteiger partial charge is 0.279 e. The van der Waals surface area contributed by atoms with Crippen molar-refractivity contribution in [3.63, 3.8) is 0 Å². The minimum absolute atomic E-state index is 0.118. The van der Waals surface area contributed by atoms with E-state index in [1.807, 2.05) is 30.3 Å². The average molecular weight is 370 g/mol. The average Bonchev–Trinajstić information content (AvgIpc) is 2.72. The molecule has 0 aliphatic heterocycles. The van der Waals surface area contributed by atoms with E-state index in [1.54, 1.807) is 47.2 Å². The molecule has 2 aromatic heterocycles. The molecule has 0 fully saturated rings. The van der Waals surface area contributed by atoms with Crippen molar-refractivity contribution in [2.75, 3.05) is 0 Å². The van der Waals surface area contributed by atoms with Gasteiger partial charge in [-0.15, -0.1) is 0 Å². The normalized spacial score (nSPS) is 11.4. The first-order chi connectivity index (χ1) is 13.2. The first-order valence-corrected chi connectivity index (χ1v) is 9.14. The molecule has 0 unspecified atom stereocenters. The van der Waals surface area contributed by atoms with Crippen LogP contribution in [0.5, 0.6) is 0 Å². The van der Waals surface area contributed by atoms with Gasteiger partial charge in [-0.25, -0.2) is 9.98 Å². The Morgan fingerprint density at radius 3 is 2.56 bits per heavy atom. The lowest BCUT2D eigenvalue weighted by Gasteiger charge is -2.08. The number of fused-ring (bicyclic) bond motifs is 1. The maximum Gasteiger partial charge on any atom is 0.263 e. The zero-order chi connectivity index (χ0) is 18.6. The molecule has 0 spiro atoms. The Balaban J connectivity index is 1.94. The monoisotopic (exact) mass is 370 g/mol. The van der Waals surface area contributed by atoms with E-state index in [4.69, 9.17) is 5.26 Å². The number of rotatable bonds is 3. The van der Waals surface area contributed by atoms with Crippen molar-refractivity contribution in [1.82, 2.24) is 9.55 Å². The number of aromatic nitrogens is 2. The first-order valence-electron chi connectivity index (χ1n) is 8.32. The second-order valence-electron chi connectivity index (χ2n) is 5.89. The summed E-state index contributed by atoms with van der Waals surface area (Å²) >= 11 is 1.37. The van der Waals surface area contributed by atoms with Gasteiger partial charge in [0, 0.05) is 6.20 Å². The summed E-state index contributed by atoms with van der Waals surface area (Å²) in [5.41, 5.74) is 2.15. The molecule has 0 radical (unpaired) electrons. The van der Waals surface area contributed by atoms with Crippen LogP contribution in [0.2, 0.25) is 0 Å². The summed E-state index contributed by atoms with van der Waals surface area (Å²) in [7, 11) is 0. The lowest BCUT2D eigenvalue weighted by Crippen LogP contribution is -2.32. The van der Waals surface area contributed by atoms with Gasteiger partial charge >= 0.3 is 0 Å². The van der Waals surface area contributed by atoms with E-state index < -0.39 is 0 Å². The predicted molar refractivity (Wildman–Crippen MR) is 106 cm³/mol. The van der Waals surface area contributed by atoms with Gasteiger partial charge in [0.2, 0.25) is 0 Å². The van der Waals surface area contributed by atoms with Crippen LogP contribution in [-0.2, 0) is 6.54 Å². The number of hydrogen-bond acceptors (Lipinski definition) is 5. The molecule has 130 valence electrons. The number of nitriles is 1. The van der Waals surface area contributed by atoms with Crippen molar-refractivity contribution in [3.05, 3.63) is 99.2 Å². The molecule has 0 atom stereocenters. The quantitative estimate of drug-likeness (QED) is 0.553. The summed E-state index contributed by atoms with van der Waals surface area (Å²) in [6.45, 7) is 0.427. The van der Waals surface area contributed by atoms with Crippen LogP contribution in [0.1, 0.15) is 11.1 Å². The third-order valence-electron chi connectivity index (χ3n) is 4.07. The van der Waals surface area contributed by atoms with E-state index in [2.05, 4.69) is 16.0 Å². The van der Waals surface area contributed by atoms with Gasteiger partial charge in [0.05, 0.1) is 29.3 Å². The minimum atomic E-state index is -0.118. The van der Waals surface area contributed by atoms with Crippen molar-refractivity contribution in [3.8, 4) is 6.07 Å². The van der Waals surface area contributed by atoms with Crippen LogP contribution >= 0.6 is 11.3 Å². The SMILES string of the molecule is N#Cc1ccc(/N=c2\sc3ncccc3c(=O)n2Cc2ccccc2)cc1. The molecule has 6 heteroatoms. The third kappa shape index (κ3) is 3.54. The first kappa shape index (κ1) is 16.9. The van der Waals surface area contributed by atoms with E-state index in [9.17, 15) is 4.79 Å². The molecular formula is C21H14N4OS. The van der Waals surface area contributed by atoms with Crippen LogP contribution in [0.15, 0.2) is 82.7 Å². The number of hydrogen-bond donors (Lipinski definition) is 0. The predicted octanol–water partition coefficient (Wildman–Crippen LogP) is 3.61. The second kappa shape index (κ2) is 7.36. The standard InChI is InChI=1S/C21H14N4OS/c22-13-15-8-10-17(11-9-15)24-21-25(14-16-5-2-1-3-6-16)20(26)18-7-4-12-23-19(18)27-21/h1-12H,14H2/b24-21-. The minimum Gasteiger partial charge on any atom is -0.279 e. The second-order valence-corrected chi connectivity index (χ2v) is 6.84. The van der Waals surface area contributed by atoms with E-state index >= 15 is 0 Å². The van der Waals surface area contributed by atoms with E-state index in [0.717, 1.165) is 5.56 Å². The Morgan fingerprint density at radius 1 is 1.04 bits per heavy atom. The van der Waals surface area contributed by atoms with Crippen LogP contribution in [0, 0.1) is 11.3 Å². The van der Waals surface area contributed by atoms with Crippen molar-refractivity contribution in [1.29, 1.82) is 5.26 Å². The number of pyridine rings is 1. The Kier molecular flexibility index (Phi) is 4.60. The molecule has 4 rings (SSSR count). The highest BCUT2D eigenvalue weighted by Crippen LogP contribution is 2.14. The summed E-state index contributed by atoms with van der Waals surface area (Å²) in [5, 5.41) is 9.53. The fourth-order valence-corrected chi connectivity index (χ4v) is 3.68. The Bertz CT molecular complexity index is 1270. The Hall–Kier alpha value is -3.56. The van der Waals surface area contributed by atoms with E-state index in [1.165, 1.54) is 11.3 Å². The Morgan fingerprint density at radius 2 is 1.81 bits per heavy atom. The lowest BCUT2D eigenvalue weighted by atomic mass is 10.2. The molecule has 0 saturated carbocycles. The summed E-state index contributed by atoms with van der Waals surface area (Å²) in [6.07, 6.45) is 1.67. The molecule has 2 heterocycles.